The minimum Gasteiger partial charge on any atom is -0.460 e. The van der Waals surface area contributed by atoms with E-state index in [-0.39, 0.29) is 6.10 Å². The Morgan fingerprint density at radius 1 is 1.12 bits per heavy atom. The number of carbonyl (C=O) groups excluding carboxylic acids is 1. The predicted octanol–water partition coefficient (Wildman–Crippen LogP) is 4.88. The third kappa shape index (κ3) is 3.87. The molecule has 2 aromatic rings. The highest BCUT2D eigenvalue weighted by Gasteiger charge is 2.35. The number of hydrogen-bond acceptors (Lipinski definition) is 3. The lowest BCUT2D eigenvalue weighted by molar-refractivity contribution is -0.166. The van der Waals surface area contributed by atoms with Gasteiger partial charge in [-0.2, -0.15) is 0 Å². The molecule has 1 saturated carbocycles. The zero-order valence-electron chi connectivity index (χ0n) is 15.3. The summed E-state index contributed by atoms with van der Waals surface area (Å²) in [4.78, 5) is 12.7. The fourth-order valence-electron chi connectivity index (χ4n) is 4.08. The second-order valence-electron chi connectivity index (χ2n) is 7.77. The van der Waals surface area contributed by atoms with Gasteiger partial charge in [0.1, 0.15) is 6.10 Å². The Labute approximate surface area is 150 Å². The van der Waals surface area contributed by atoms with E-state index in [0.717, 1.165) is 23.6 Å². The quantitative estimate of drug-likeness (QED) is 0.807. The summed E-state index contributed by atoms with van der Waals surface area (Å²) in [6, 6.07) is 13.4. The number of rotatable bonds is 4. The van der Waals surface area contributed by atoms with Gasteiger partial charge in [0.15, 0.2) is 6.10 Å². The average Bonchev–Trinajstić information content (AvgIpc) is 2.60. The van der Waals surface area contributed by atoms with E-state index in [4.69, 9.17) is 4.74 Å². The number of aliphatic hydroxyl groups excluding tert-OH is 1. The molecular weight excluding hydrogens is 312 g/mol. The van der Waals surface area contributed by atoms with Crippen LogP contribution >= 0.6 is 0 Å². The summed E-state index contributed by atoms with van der Waals surface area (Å²) in [5.41, 5.74) is 0.619. The molecule has 1 aliphatic rings. The van der Waals surface area contributed by atoms with Crippen LogP contribution in [0.5, 0.6) is 0 Å². The summed E-state index contributed by atoms with van der Waals surface area (Å²) in [5, 5.41) is 12.5. The number of ether oxygens (including phenoxy) is 1. The molecule has 3 heteroatoms. The van der Waals surface area contributed by atoms with E-state index in [1.165, 1.54) is 6.42 Å². The Morgan fingerprint density at radius 2 is 1.84 bits per heavy atom. The molecule has 3 nitrogen and oxygen atoms in total. The number of benzene rings is 2. The molecule has 25 heavy (non-hydrogen) atoms. The zero-order valence-corrected chi connectivity index (χ0v) is 15.3. The summed E-state index contributed by atoms with van der Waals surface area (Å²) < 4.78 is 5.81. The van der Waals surface area contributed by atoms with Crippen molar-refractivity contribution >= 4 is 16.7 Å². The molecule has 0 radical (unpaired) electrons. The molecule has 1 fully saturated rings. The molecule has 134 valence electrons. The molecule has 1 N–H and O–H groups in total. The summed E-state index contributed by atoms with van der Waals surface area (Å²) in [6.45, 7) is 6.57. The lowest BCUT2D eigenvalue weighted by atomic mass is 9.75. The van der Waals surface area contributed by atoms with Gasteiger partial charge < -0.3 is 9.84 Å². The van der Waals surface area contributed by atoms with Gasteiger partial charge in [0.05, 0.1) is 0 Å². The van der Waals surface area contributed by atoms with Gasteiger partial charge in [0, 0.05) is 0 Å². The first kappa shape index (κ1) is 17.9. The zero-order chi connectivity index (χ0) is 18.0. The molecule has 0 amide bonds. The number of hydrogen-bond donors (Lipinski definition) is 1. The molecule has 1 aliphatic carbocycles. The molecule has 3 rings (SSSR count). The van der Waals surface area contributed by atoms with E-state index in [9.17, 15) is 9.90 Å². The van der Waals surface area contributed by atoms with Gasteiger partial charge >= 0.3 is 5.97 Å². The van der Waals surface area contributed by atoms with Gasteiger partial charge in [0.2, 0.25) is 0 Å². The van der Waals surface area contributed by atoms with Crippen molar-refractivity contribution in [2.24, 2.45) is 17.8 Å². The minimum atomic E-state index is -1.24. The molecule has 0 aliphatic heterocycles. The predicted molar refractivity (Wildman–Crippen MR) is 100 cm³/mol. The number of fused-ring (bicyclic) bond motifs is 1. The third-order valence-electron chi connectivity index (χ3n) is 5.57. The first-order chi connectivity index (χ1) is 12.0. The number of aliphatic hydroxyl groups is 1. The van der Waals surface area contributed by atoms with Crippen molar-refractivity contribution in [3.8, 4) is 0 Å². The lowest BCUT2D eigenvalue weighted by Gasteiger charge is -2.37. The highest BCUT2D eigenvalue weighted by molar-refractivity contribution is 5.90. The molecular formula is C22H28O3. The second kappa shape index (κ2) is 7.57. The molecule has 0 saturated heterocycles. The SMILES string of the molecule is CC(C)[C@@H]1CC[C@@H](C)C[C@H]1OC(=O)[C@H](O)c1cccc2ccccc12. The largest absolute Gasteiger partial charge is 0.460 e. The molecule has 4 atom stereocenters. The Bertz CT molecular complexity index is 732. The Kier molecular flexibility index (Phi) is 5.43. The smallest absolute Gasteiger partial charge is 0.339 e. The standard InChI is InChI=1S/C22H28O3/c1-14(2)17-12-11-15(3)13-20(17)25-22(24)21(23)19-10-6-8-16-7-4-5-9-18(16)19/h4-10,14-15,17,20-21,23H,11-13H2,1-3H3/t15-,17+,20-,21-/m1/s1. The molecule has 2 aromatic carbocycles. The van der Waals surface area contributed by atoms with Crippen LogP contribution in [-0.2, 0) is 9.53 Å². The molecule has 0 spiro atoms. The van der Waals surface area contributed by atoms with Crippen LogP contribution in [0.2, 0.25) is 0 Å². The van der Waals surface area contributed by atoms with Crippen LogP contribution in [0.1, 0.15) is 51.7 Å². The van der Waals surface area contributed by atoms with E-state index in [1.807, 2.05) is 36.4 Å². The lowest BCUT2D eigenvalue weighted by Crippen LogP contribution is -2.37. The van der Waals surface area contributed by atoms with Crippen LogP contribution in [-0.4, -0.2) is 17.2 Å². The number of carbonyl (C=O) groups is 1. The van der Waals surface area contributed by atoms with Crippen LogP contribution < -0.4 is 0 Å². The summed E-state index contributed by atoms with van der Waals surface area (Å²) in [5.74, 6) is 0.878. The Morgan fingerprint density at radius 3 is 2.60 bits per heavy atom. The maximum Gasteiger partial charge on any atom is 0.339 e. The van der Waals surface area contributed by atoms with Gasteiger partial charge in [-0.05, 0) is 46.9 Å². The van der Waals surface area contributed by atoms with E-state index >= 15 is 0 Å². The maximum absolute atomic E-state index is 12.7. The second-order valence-corrected chi connectivity index (χ2v) is 7.77. The van der Waals surface area contributed by atoms with Gasteiger partial charge in [-0.3, -0.25) is 0 Å². The normalized spacial score (nSPS) is 25.1. The molecule has 0 unspecified atom stereocenters. The minimum absolute atomic E-state index is 0.0964. The van der Waals surface area contributed by atoms with Crippen LogP contribution in [0.15, 0.2) is 42.5 Å². The fourth-order valence-corrected chi connectivity index (χ4v) is 4.08. The van der Waals surface area contributed by atoms with Crippen LogP contribution in [0.3, 0.4) is 0 Å². The van der Waals surface area contributed by atoms with Crippen molar-refractivity contribution in [1.82, 2.24) is 0 Å². The van der Waals surface area contributed by atoms with Crippen LogP contribution in [0.4, 0.5) is 0 Å². The van der Waals surface area contributed by atoms with E-state index in [2.05, 4.69) is 20.8 Å². The van der Waals surface area contributed by atoms with Gasteiger partial charge in [-0.15, -0.1) is 0 Å². The fraction of sp³-hybridized carbons (Fsp3) is 0.500. The van der Waals surface area contributed by atoms with Gasteiger partial charge in [-0.25, -0.2) is 4.79 Å². The first-order valence-corrected chi connectivity index (χ1v) is 9.33. The Balaban J connectivity index is 1.79. The molecule has 0 aromatic heterocycles. The third-order valence-corrected chi connectivity index (χ3v) is 5.57. The van der Waals surface area contributed by atoms with E-state index < -0.39 is 12.1 Å². The number of esters is 1. The van der Waals surface area contributed by atoms with Crippen molar-refractivity contribution in [1.29, 1.82) is 0 Å². The highest BCUT2D eigenvalue weighted by atomic mass is 16.6. The molecule has 0 heterocycles. The first-order valence-electron chi connectivity index (χ1n) is 9.33. The Hall–Kier alpha value is -1.87. The van der Waals surface area contributed by atoms with Crippen LogP contribution in [0, 0.1) is 17.8 Å². The van der Waals surface area contributed by atoms with Crippen molar-refractivity contribution in [3.05, 3.63) is 48.0 Å². The van der Waals surface area contributed by atoms with E-state index in [0.29, 0.717) is 23.3 Å². The van der Waals surface area contributed by atoms with Crippen LogP contribution in [0.25, 0.3) is 10.8 Å². The monoisotopic (exact) mass is 340 g/mol. The van der Waals surface area contributed by atoms with Crippen molar-refractivity contribution < 1.29 is 14.6 Å². The van der Waals surface area contributed by atoms with Crippen molar-refractivity contribution in [2.75, 3.05) is 0 Å². The maximum atomic E-state index is 12.7. The topological polar surface area (TPSA) is 46.5 Å². The average molecular weight is 340 g/mol. The van der Waals surface area contributed by atoms with Gasteiger partial charge in [-0.1, -0.05) is 69.7 Å². The van der Waals surface area contributed by atoms with Crippen molar-refractivity contribution in [2.45, 2.75) is 52.2 Å². The highest BCUT2D eigenvalue weighted by Crippen LogP contribution is 2.36. The molecule has 0 bridgehead atoms. The van der Waals surface area contributed by atoms with E-state index in [1.54, 1.807) is 6.07 Å². The van der Waals surface area contributed by atoms with Gasteiger partial charge in [0.25, 0.3) is 0 Å². The van der Waals surface area contributed by atoms with Crippen molar-refractivity contribution in [3.63, 3.8) is 0 Å². The summed E-state index contributed by atoms with van der Waals surface area (Å²) in [7, 11) is 0. The summed E-state index contributed by atoms with van der Waals surface area (Å²) in [6.07, 6.45) is 1.82. The summed E-state index contributed by atoms with van der Waals surface area (Å²) >= 11 is 0.